The van der Waals surface area contributed by atoms with E-state index >= 15 is 0 Å². The van der Waals surface area contributed by atoms with Crippen molar-refractivity contribution in [3.05, 3.63) is 17.3 Å². The molecule has 0 spiro atoms. The molecule has 0 bridgehead atoms. The molecule has 1 aromatic rings. The highest BCUT2D eigenvalue weighted by molar-refractivity contribution is 6.29. The third-order valence-electron chi connectivity index (χ3n) is 1.69. The molecule has 2 N–H and O–H groups in total. The van der Waals surface area contributed by atoms with Gasteiger partial charge in [-0.1, -0.05) is 11.6 Å². The van der Waals surface area contributed by atoms with Gasteiger partial charge in [-0.05, 0) is 12.1 Å². The van der Waals surface area contributed by atoms with E-state index in [0.29, 0.717) is 11.0 Å². The fourth-order valence-corrected chi connectivity index (χ4v) is 1.12. The van der Waals surface area contributed by atoms with E-state index in [1.54, 1.807) is 12.1 Å². The number of nitrogens with zero attached hydrogens (tertiary/aromatic N) is 2. The minimum atomic E-state index is -0.425. The van der Waals surface area contributed by atoms with Crippen LogP contribution in [0, 0.1) is 0 Å². The monoisotopic (exact) mass is 214 g/mol. The smallest absolute Gasteiger partial charge is 0.268 e. The Kier molecular flexibility index (Phi) is 2.47. The molecule has 1 atom stereocenters. The Hall–Kier alpha value is -1.40. The number of nitrogens with one attached hydrogen (secondary N) is 2. The third kappa shape index (κ3) is 1.91. The molecule has 7 heteroatoms. The van der Waals surface area contributed by atoms with Gasteiger partial charge in [-0.2, -0.15) is 0 Å². The van der Waals surface area contributed by atoms with Crippen molar-refractivity contribution >= 4 is 23.3 Å². The maximum Gasteiger partial charge on any atom is 0.268 e. The van der Waals surface area contributed by atoms with Gasteiger partial charge in [-0.15, -0.1) is 10.2 Å². The Morgan fingerprint density at radius 3 is 3.00 bits per heavy atom. The van der Waals surface area contributed by atoms with E-state index < -0.39 is 6.04 Å². The van der Waals surface area contributed by atoms with Gasteiger partial charge in [0, 0.05) is 0 Å². The summed E-state index contributed by atoms with van der Waals surface area (Å²) in [5.41, 5.74) is 2.23. The Morgan fingerprint density at radius 1 is 1.57 bits per heavy atom. The molecule has 74 valence electrons. The highest BCUT2D eigenvalue weighted by atomic mass is 35.5. The van der Waals surface area contributed by atoms with E-state index in [1.165, 1.54) is 0 Å². The minimum Gasteiger partial charge on any atom is -0.355 e. The average molecular weight is 215 g/mol. The lowest BCUT2D eigenvalue weighted by Crippen LogP contribution is -2.31. The molecule has 0 aromatic carbocycles. The molecule has 0 saturated carbocycles. The largest absolute Gasteiger partial charge is 0.355 e. The van der Waals surface area contributed by atoms with Gasteiger partial charge in [0.25, 0.3) is 5.91 Å². The summed E-state index contributed by atoms with van der Waals surface area (Å²) in [7, 11) is 0. The predicted molar refractivity (Wildman–Crippen MR) is 48.5 cm³/mol. The van der Waals surface area contributed by atoms with Crippen molar-refractivity contribution in [2.24, 2.45) is 0 Å². The van der Waals surface area contributed by atoms with Crippen molar-refractivity contribution in [3.63, 3.8) is 0 Å². The van der Waals surface area contributed by atoms with Crippen molar-refractivity contribution in [3.8, 4) is 0 Å². The summed E-state index contributed by atoms with van der Waals surface area (Å²) < 4.78 is 0. The lowest BCUT2D eigenvalue weighted by molar-refractivity contribution is -0.124. The van der Waals surface area contributed by atoms with Gasteiger partial charge in [0.05, 0.1) is 0 Å². The van der Waals surface area contributed by atoms with Crippen molar-refractivity contribution in [1.82, 2.24) is 15.7 Å². The first-order valence-electron chi connectivity index (χ1n) is 3.93. The highest BCUT2D eigenvalue weighted by Crippen LogP contribution is 2.08. The zero-order valence-electron chi connectivity index (χ0n) is 7.03. The van der Waals surface area contributed by atoms with Gasteiger partial charge in [-0.25, -0.2) is 5.48 Å². The third-order valence-corrected chi connectivity index (χ3v) is 1.89. The first-order chi connectivity index (χ1) is 6.75. The Morgan fingerprint density at radius 2 is 2.43 bits per heavy atom. The summed E-state index contributed by atoms with van der Waals surface area (Å²) in [6.45, 7) is 0.267. The fourth-order valence-electron chi connectivity index (χ4n) is 1.02. The molecule has 1 aliphatic rings. The molecule has 2 rings (SSSR count). The average Bonchev–Trinajstić information content (AvgIpc) is 2.56. The van der Waals surface area contributed by atoms with Crippen LogP contribution in [0.15, 0.2) is 12.1 Å². The van der Waals surface area contributed by atoms with Crippen LogP contribution in [0.5, 0.6) is 0 Å². The molecular weight excluding hydrogens is 208 g/mol. The van der Waals surface area contributed by atoms with Crippen LogP contribution >= 0.6 is 11.6 Å². The van der Waals surface area contributed by atoms with E-state index in [1.807, 2.05) is 0 Å². The predicted octanol–water partition coefficient (Wildman–Crippen LogP) is -0.0281. The van der Waals surface area contributed by atoms with Crippen molar-refractivity contribution in [1.29, 1.82) is 0 Å². The zero-order valence-corrected chi connectivity index (χ0v) is 7.78. The van der Waals surface area contributed by atoms with Crippen molar-refractivity contribution in [2.75, 3.05) is 11.9 Å². The minimum absolute atomic E-state index is 0.221. The fraction of sp³-hybridized carbons (Fsp3) is 0.286. The number of halogens is 1. The highest BCUT2D eigenvalue weighted by Gasteiger charge is 2.25. The first-order valence-corrected chi connectivity index (χ1v) is 4.31. The van der Waals surface area contributed by atoms with Crippen LogP contribution in [-0.2, 0) is 9.63 Å². The first kappa shape index (κ1) is 9.17. The molecule has 0 radical (unpaired) electrons. The molecule has 1 fully saturated rings. The molecule has 2 heterocycles. The summed E-state index contributed by atoms with van der Waals surface area (Å²) in [6, 6.07) is 2.80. The normalized spacial score (nSPS) is 20.6. The van der Waals surface area contributed by atoms with Crippen LogP contribution in [0.3, 0.4) is 0 Å². The number of hydroxylamine groups is 1. The number of amides is 1. The Labute approximate surface area is 84.6 Å². The van der Waals surface area contributed by atoms with Crippen LogP contribution in [0.1, 0.15) is 0 Å². The second-order valence-electron chi connectivity index (χ2n) is 2.72. The SMILES string of the molecule is O=C1NOCC1Nc1ccc(Cl)nn1. The lowest BCUT2D eigenvalue weighted by Gasteiger charge is -2.07. The quantitative estimate of drug-likeness (QED) is 0.723. The maximum atomic E-state index is 11.1. The summed E-state index contributed by atoms with van der Waals surface area (Å²) in [5, 5.41) is 10.5. The topological polar surface area (TPSA) is 76.1 Å². The van der Waals surface area contributed by atoms with E-state index in [0.717, 1.165) is 0 Å². The molecule has 1 aliphatic heterocycles. The van der Waals surface area contributed by atoms with Gasteiger partial charge >= 0.3 is 0 Å². The van der Waals surface area contributed by atoms with Gasteiger partial charge in [0.1, 0.15) is 18.5 Å². The zero-order chi connectivity index (χ0) is 9.97. The Balaban J connectivity index is 2.03. The second kappa shape index (κ2) is 3.77. The van der Waals surface area contributed by atoms with Gasteiger partial charge < -0.3 is 5.32 Å². The number of hydrogen-bond donors (Lipinski definition) is 2. The number of hydrogen-bond acceptors (Lipinski definition) is 5. The molecule has 1 saturated heterocycles. The number of anilines is 1. The second-order valence-corrected chi connectivity index (χ2v) is 3.10. The van der Waals surface area contributed by atoms with Crippen LogP contribution < -0.4 is 10.8 Å². The van der Waals surface area contributed by atoms with E-state index in [2.05, 4.69) is 21.0 Å². The number of carbonyl (C=O) groups is 1. The summed E-state index contributed by atoms with van der Waals surface area (Å²) >= 11 is 5.55. The molecule has 1 aromatic heterocycles. The van der Waals surface area contributed by atoms with E-state index in [9.17, 15) is 4.79 Å². The summed E-state index contributed by atoms with van der Waals surface area (Å²) in [4.78, 5) is 15.8. The number of carbonyl (C=O) groups excluding carboxylic acids is 1. The number of aromatic nitrogens is 2. The van der Waals surface area contributed by atoms with Crippen molar-refractivity contribution < 1.29 is 9.63 Å². The summed E-state index contributed by atoms with van der Waals surface area (Å²) in [6.07, 6.45) is 0. The summed E-state index contributed by atoms with van der Waals surface area (Å²) in [5.74, 6) is 0.266. The van der Waals surface area contributed by atoms with E-state index in [-0.39, 0.29) is 12.5 Å². The molecule has 1 amide bonds. The van der Waals surface area contributed by atoms with Crippen LogP contribution in [0.4, 0.5) is 5.82 Å². The lowest BCUT2D eigenvalue weighted by atomic mass is 10.3. The molecule has 0 aliphatic carbocycles. The molecule has 14 heavy (non-hydrogen) atoms. The number of rotatable bonds is 2. The molecule has 1 unspecified atom stereocenters. The van der Waals surface area contributed by atoms with Gasteiger partial charge in [0.2, 0.25) is 0 Å². The van der Waals surface area contributed by atoms with Gasteiger partial charge in [0.15, 0.2) is 5.15 Å². The van der Waals surface area contributed by atoms with Crippen LogP contribution in [-0.4, -0.2) is 28.8 Å². The maximum absolute atomic E-state index is 11.1. The van der Waals surface area contributed by atoms with Crippen molar-refractivity contribution in [2.45, 2.75) is 6.04 Å². The standard InChI is InChI=1S/C7H7ClN4O2/c8-5-1-2-6(11-10-5)9-4-3-14-12-7(4)13/h1-2,4H,3H2,(H,9,11)(H,12,13). The Bertz CT molecular complexity index is 342. The van der Waals surface area contributed by atoms with Crippen LogP contribution in [0.2, 0.25) is 5.15 Å². The van der Waals surface area contributed by atoms with Gasteiger partial charge in [-0.3, -0.25) is 9.63 Å². The molecular formula is C7H7ClN4O2. The van der Waals surface area contributed by atoms with Crippen LogP contribution in [0.25, 0.3) is 0 Å². The van der Waals surface area contributed by atoms with E-state index in [4.69, 9.17) is 16.4 Å². The molecule has 6 nitrogen and oxygen atoms in total.